The lowest BCUT2D eigenvalue weighted by atomic mass is 9.94. The number of likely N-dealkylation sites (tertiary alicyclic amines) is 1. The topological polar surface area (TPSA) is 58.4 Å². The predicted molar refractivity (Wildman–Crippen MR) is 64.1 cm³/mol. The summed E-state index contributed by atoms with van der Waals surface area (Å²) < 4.78 is 13.3. The number of hydrogen-bond donors (Lipinski definition) is 2. The number of rotatable bonds is 3. The second-order valence-electron chi connectivity index (χ2n) is 4.83. The third-order valence-electron chi connectivity index (χ3n) is 2.68. The number of halogens is 1. The van der Waals surface area contributed by atoms with E-state index in [1.807, 2.05) is 11.8 Å². The minimum absolute atomic E-state index is 0.196. The molecule has 3 N–H and O–H groups in total. The zero-order chi connectivity index (χ0) is 12.5. The highest BCUT2D eigenvalue weighted by Crippen LogP contribution is 2.17. The van der Waals surface area contributed by atoms with Gasteiger partial charge in [-0.25, -0.2) is 4.39 Å². The Morgan fingerprint density at radius 2 is 2.18 bits per heavy atom. The summed E-state index contributed by atoms with van der Waals surface area (Å²) in [5.74, 6) is -0.640. The van der Waals surface area contributed by atoms with Gasteiger partial charge in [-0.05, 0) is 19.1 Å². The van der Waals surface area contributed by atoms with Gasteiger partial charge in [0.05, 0.1) is 12.2 Å². The van der Waals surface area contributed by atoms with Gasteiger partial charge in [0.1, 0.15) is 5.82 Å². The number of nitrogens with zero attached hydrogens (tertiary/aromatic N) is 1. The second kappa shape index (κ2) is 4.43. The van der Waals surface area contributed by atoms with Crippen molar-refractivity contribution in [2.75, 3.05) is 25.0 Å². The fourth-order valence-corrected chi connectivity index (χ4v) is 2.04. The first-order valence-corrected chi connectivity index (χ1v) is 5.52. The normalized spacial score (nSPS) is 18.5. The number of nitrogens with two attached hydrogens (primary N) is 1. The highest BCUT2D eigenvalue weighted by molar-refractivity contribution is 5.92. The fraction of sp³-hybridized carbons (Fsp3) is 0.417. The molecule has 0 saturated carbocycles. The molecule has 1 heterocycles. The van der Waals surface area contributed by atoms with Crippen molar-refractivity contribution in [3.63, 3.8) is 0 Å². The van der Waals surface area contributed by atoms with E-state index in [2.05, 4.69) is 5.32 Å². The molecular formula is C12H16FN3O. The molecule has 0 atom stereocenters. The van der Waals surface area contributed by atoms with Crippen LogP contribution >= 0.6 is 0 Å². The SMILES string of the molecule is CC1(N)CN(CC(=O)Nc2ccccc2F)C1. The molecule has 0 spiro atoms. The number of anilines is 1. The monoisotopic (exact) mass is 237 g/mol. The molecule has 4 nitrogen and oxygen atoms in total. The largest absolute Gasteiger partial charge is 0.323 e. The van der Waals surface area contributed by atoms with Gasteiger partial charge >= 0.3 is 0 Å². The Bertz CT molecular complexity index is 426. The molecule has 5 heteroatoms. The van der Waals surface area contributed by atoms with Crippen LogP contribution in [0.25, 0.3) is 0 Å². The Morgan fingerprint density at radius 1 is 1.53 bits per heavy atom. The van der Waals surface area contributed by atoms with Crippen molar-refractivity contribution in [2.24, 2.45) is 5.73 Å². The summed E-state index contributed by atoms with van der Waals surface area (Å²) in [5, 5.41) is 2.54. The first-order chi connectivity index (χ1) is 7.96. The average Bonchev–Trinajstić information content (AvgIpc) is 2.18. The van der Waals surface area contributed by atoms with Crippen molar-refractivity contribution in [3.8, 4) is 0 Å². The van der Waals surface area contributed by atoms with E-state index < -0.39 is 5.82 Å². The highest BCUT2D eigenvalue weighted by atomic mass is 19.1. The van der Waals surface area contributed by atoms with Crippen LogP contribution in [0, 0.1) is 5.82 Å². The first-order valence-electron chi connectivity index (χ1n) is 5.52. The molecule has 1 aromatic carbocycles. The summed E-state index contributed by atoms with van der Waals surface area (Å²) in [7, 11) is 0. The standard InChI is InChI=1S/C12H16FN3O/c1-12(14)7-16(8-12)6-11(17)15-10-5-3-2-4-9(10)13/h2-5H,6-8,14H2,1H3,(H,15,17). The van der Waals surface area contributed by atoms with Gasteiger partial charge in [-0.15, -0.1) is 0 Å². The average molecular weight is 237 g/mol. The number of nitrogens with one attached hydrogen (secondary N) is 1. The van der Waals surface area contributed by atoms with Gasteiger partial charge < -0.3 is 11.1 Å². The Labute approximate surface area is 99.6 Å². The molecule has 1 saturated heterocycles. The van der Waals surface area contributed by atoms with Crippen LogP contribution in [0.4, 0.5) is 10.1 Å². The quantitative estimate of drug-likeness (QED) is 0.817. The fourth-order valence-electron chi connectivity index (χ4n) is 2.04. The highest BCUT2D eigenvalue weighted by Gasteiger charge is 2.35. The van der Waals surface area contributed by atoms with E-state index in [-0.39, 0.29) is 23.7 Å². The van der Waals surface area contributed by atoms with E-state index in [1.54, 1.807) is 12.1 Å². The number of hydrogen-bond acceptors (Lipinski definition) is 3. The van der Waals surface area contributed by atoms with Crippen LogP contribution in [-0.4, -0.2) is 36.0 Å². The Morgan fingerprint density at radius 3 is 2.76 bits per heavy atom. The Balaban J connectivity index is 1.85. The third-order valence-corrected chi connectivity index (χ3v) is 2.68. The lowest BCUT2D eigenvalue weighted by Crippen LogP contribution is -2.66. The molecule has 0 unspecified atom stereocenters. The lowest BCUT2D eigenvalue weighted by molar-refractivity contribution is -0.119. The molecule has 92 valence electrons. The van der Waals surface area contributed by atoms with Crippen molar-refractivity contribution in [1.29, 1.82) is 0 Å². The van der Waals surface area contributed by atoms with Crippen LogP contribution in [0.2, 0.25) is 0 Å². The molecule has 1 aromatic rings. The number of amides is 1. The second-order valence-corrected chi connectivity index (χ2v) is 4.83. The van der Waals surface area contributed by atoms with Gasteiger partial charge in [-0.2, -0.15) is 0 Å². The first kappa shape index (κ1) is 12.0. The van der Waals surface area contributed by atoms with E-state index in [0.29, 0.717) is 13.1 Å². The maximum absolute atomic E-state index is 13.3. The number of benzene rings is 1. The van der Waals surface area contributed by atoms with E-state index in [1.165, 1.54) is 12.1 Å². The van der Waals surface area contributed by atoms with Crippen LogP contribution in [0.1, 0.15) is 6.92 Å². The van der Waals surface area contributed by atoms with E-state index in [4.69, 9.17) is 5.73 Å². The smallest absolute Gasteiger partial charge is 0.238 e. The van der Waals surface area contributed by atoms with Crippen molar-refractivity contribution in [1.82, 2.24) is 4.90 Å². The molecular weight excluding hydrogens is 221 g/mol. The minimum atomic E-state index is -0.423. The molecule has 1 amide bonds. The van der Waals surface area contributed by atoms with Crippen LogP contribution in [0.15, 0.2) is 24.3 Å². The van der Waals surface area contributed by atoms with Crippen molar-refractivity contribution >= 4 is 11.6 Å². The van der Waals surface area contributed by atoms with Gasteiger partial charge in [0.15, 0.2) is 0 Å². The molecule has 17 heavy (non-hydrogen) atoms. The summed E-state index contributed by atoms with van der Waals surface area (Å²) in [5.41, 5.74) is 5.85. The molecule has 0 aromatic heterocycles. The summed E-state index contributed by atoms with van der Waals surface area (Å²) in [6.07, 6.45) is 0. The van der Waals surface area contributed by atoms with E-state index in [0.717, 1.165) is 0 Å². The van der Waals surface area contributed by atoms with Crippen LogP contribution in [-0.2, 0) is 4.79 Å². The number of para-hydroxylation sites is 1. The summed E-state index contributed by atoms with van der Waals surface area (Å²) in [4.78, 5) is 13.5. The number of carbonyl (C=O) groups is 1. The maximum Gasteiger partial charge on any atom is 0.238 e. The van der Waals surface area contributed by atoms with Crippen LogP contribution in [0.5, 0.6) is 0 Å². The van der Waals surface area contributed by atoms with Gasteiger partial charge in [0.25, 0.3) is 0 Å². The molecule has 0 aliphatic carbocycles. The lowest BCUT2D eigenvalue weighted by Gasteiger charge is -2.44. The Kier molecular flexibility index (Phi) is 3.13. The zero-order valence-corrected chi connectivity index (χ0v) is 9.74. The molecule has 1 aliphatic heterocycles. The van der Waals surface area contributed by atoms with Gasteiger partial charge in [-0.3, -0.25) is 9.69 Å². The predicted octanol–water partition coefficient (Wildman–Crippen LogP) is 0.797. The maximum atomic E-state index is 13.3. The Hall–Kier alpha value is -1.46. The molecule has 1 fully saturated rings. The molecule has 0 radical (unpaired) electrons. The van der Waals surface area contributed by atoms with Crippen molar-refractivity contribution in [3.05, 3.63) is 30.1 Å². The van der Waals surface area contributed by atoms with Crippen LogP contribution < -0.4 is 11.1 Å². The molecule has 1 aliphatic rings. The minimum Gasteiger partial charge on any atom is -0.323 e. The summed E-state index contributed by atoms with van der Waals surface area (Å²) >= 11 is 0. The summed E-state index contributed by atoms with van der Waals surface area (Å²) in [6.45, 7) is 3.58. The molecule has 0 bridgehead atoms. The number of carbonyl (C=O) groups excluding carboxylic acids is 1. The van der Waals surface area contributed by atoms with E-state index in [9.17, 15) is 9.18 Å². The third kappa shape index (κ3) is 3.01. The van der Waals surface area contributed by atoms with Gasteiger partial charge in [0.2, 0.25) is 5.91 Å². The van der Waals surface area contributed by atoms with Crippen LogP contribution in [0.3, 0.4) is 0 Å². The summed E-state index contributed by atoms with van der Waals surface area (Å²) in [6, 6.07) is 6.12. The zero-order valence-electron chi connectivity index (χ0n) is 9.74. The molecule has 2 rings (SSSR count). The van der Waals surface area contributed by atoms with Gasteiger partial charge in [-0.1, -0.05) is 12.1 Å². The van der Waals surface area contributed by atoms with E-state index >= 15 is 0 Å². The van der Waals surface area contributed by atoms with Crippen molar-refractivity contribution in [2.45, 2.75) is 12.5 Å². The van der Waals surface area contributed by atoms with Gasteiger partial charge in [0, 0.05) is 18.6 Å². The van der Waals surface area contributed by atoms with Crippen molar-refractivity contribution < 1.29 is 9.18 Å².